The van der Waals surface area contributed by atoms with Crippen LogP contribution in [-0.2, 0) is 0 Å². The third kappa shape index (κ3) is 2.80. The second kappa shape index (κ2) is 5.20. The Balaban J connectivity index is 2.33. The topological polar surface area (TPSA) is 60.8 Å². The predicted octanol–water partition coefficient (Wildman–Crippen LogP) is 3.03. The summed E-state index contributed by atoms with van der Waals surface area (Å²) in [5, 5.41) is 19.3. The van der Waals surface area contributed by atoms with Gasteiger partial charge in [0, 0.05) is 17.8 Å². The molecule has 0 aromatic heterocycles. The first-order valence-electron chi connectivity index (χ1n) is 5.54. The van der Waals surface area contributed by atoms with E-state index in [0.29, 0.717) is 10.7 Å². The largest absolute Gasteiger partial charge is 0.508 e. The Hall–Kier alpha value is -2.20. The van der Waals surface area contributed by atoms with Gasteiger partial charge in [0.25, 0.3) is 5.91 Å². The third-order valence-corrected chi connectivity index (χ3v) is 2.97. The fourth-order valence-electron chi connectivity index (χ4n) is 1.65. The zero-order valence-electron chi connectivity index (χ0n) is 10.2. The summed E-state index contributed by atoms with van der Waals surface area (Å²) < 4.78 is 0. The minimum absolute atomic E-state index is 0.121. The minimum Gasteiger partial charge on any atom is -0.508 e. The molecular weight excluding hydrogens is 266 g/mol. The van der Waals surface area contributed by atoms with Crippen molar-refractivity contribution in [2.24, 2.45) is 0 Å². The number of rotatable bonds is 2. The Morgan fingerprint density at radius 3 is 2.37 bits per heavy atom. The molecule has 0 aliphatic carbocycles. The lowest BCUT2D eigenvalue weighted by Crippen LogP contribution is -2.26. The van der Waals surface area contributed by atoms with Gasteiger partial charge in [0.2, 0.25) is 0 Å². The van der Waals surface area contributed by atoms with Crippen LogP contribution in [0.15, 0.2) is 42.5 Å². The maximum atomic E-state index is 12.2. The van der Waals surface area contributed by atoms with E-state index in [9.17, 15) is 15.0 Å². The molecule has 2 N–H and O–H groups in total. The smallest absolute Gasteiger partial charge is 0.261 e. The Labute approximate surface area is 115 Å². The van der Waals surface area contributed by atoms with E-state index in [-0.39, 0.29) is 23.0 Å². The normalized spacial score (nSPS) is 10.2. The van der Waals surface area contributed by atoms with Gasteiger partial charge in [-0.15, -0.1) is 0 Å². The average Bonchev–Trinajstić information content (AvgIpc) is 2.41. The van der Waals surface area contributed by atoms with Gasteiger partial charge < -0.3 is 15.1 Å². The van der Waals surface area contributed by atoms with Crippen molar-refractivity contribution in [1.29, 1.82) is 0 Å². The number of carbonyl (C=O) groups excluding carboxylic acids is 1. The van der Waals surface area contributed by atoms with E-state index in [0.717, 1.165) is 0 Å². The molecule has 2 aromatic carbocycles. The summed E-state index contributed by atoms with van der Waals surface area (Å²) in [7, 11) is 1.58. The van der Waals surface area contributed by atoms with E-state index >= 15 is 0 Å². The molecule has 0 atom stereocenters. The number of aromatic hydroxyl groups is 2. The van der Waals surface area contributed by atoms with Crippen molar-refractivity contribution in [3.63, 3.8) is 0 Å². The molecule has 0 radical (unpaired) electrons. The van der Waals surface area contributed by atoms with Crippen LogP contribution in [0.25, 0.3) is 0 Å². The molecule has 19 heavy (non-hydrogen) atoms. The highest BCUT2D eigenvalue weighted by Crippen LogP contribution is 2.25. The molecular formula is C14H12ClNO3. The molecule has 4 nitrogen and oxygen atoms in total. The minimum atomic E-state index is -0.384. The van der Waals surface area contributed by atoms with Gasteiger partial charge in [0.05, 0.1) is 5.56 Å². The van der Waals surface area contributed by atoms with Gasteiger partial charge in [0.15, 0.2) is 0 Å². The van der Waals surface area contributed by atoms with Crippen molar-refractivity contribution in [1.82, 2.24) is 0 Å². The second-order valence-electron chi connectivity index (χ2n) is 4.04. The molecule has 0 heterocycles. The van der Waals surface area contributed by atoms with Gasteiger partial charge in [-0.1, -0.05) is 11.6 Å². The number of benzene rings is 2. The summed E-state index contributed by atoms with van der Waals surface area (Å²) in [4.78, 5) is 13.6. The highest BCUT2D eigenvalue weighted by molar-refractivity contribution is 6.31. The standard InChI is InChI=1S/C14H12ClNO3/c1-16(10-3-5-11(17)6-4-10)14(19)12-8-9(15)2-7-13(12)18/h2-8,17-18H,1H3. The first-order chi connectivity index (χ1) is 8.99. The third-order valence-electron chi connectivity index (χ3n) is 2.73. The first kappa shape index (κ1) is 13.2. The number of phenolic OH excluding ortho intramolecular Hbond substituents is 2. The molecule has 2 rings (SSSR count). The van der Waals surface area contributed by atoms with Crippen LogP contribution < -0.4 is 4.90 Å². The Morgan fingerprint density at radius 2 is 1.74 bits per heavy atom. The van der Waals surface area contributed by atoms with Gasteiger partial charge in [0.1, 0.15) is 11.5 Å². The first-order valence-corrected chi connectivity index (χ1v) is 5.92. The molecule has 5 heteroatoms. The van der Waals surface area contributed by atoms with Crippen LogP contribution in [0.5, 0.6) is 11.5 Å². The Bertz CT molecular complexity index is 611. The van der Waals surface area contributed by atoms with E-state index < -0.39 is 0 Å². The summed E-state index contributed by atoms with van der Waals surface area (Å²) in [5.74, 6) is -0.388. The SMILES string of the molecule is CN(C(=O)c1cc(Cl)ccc1O)c1ccc(O)cc1. The van der Waals surface area contributed by atoms with Crippen LogP contribution in [0.1, 0.15) is 10.4 Å². The van der Waals surface area contributed by atoms with Crippen LogP contribution in [0.3, 0.4) is 0 Å². The summed E-state index contributed by atoms with van der Waals surface area (Å²) in [5.41, 5.74) is 0.727. The quantitative estimate of drug-likeness (QED) is 0.887. The molecule has 0 bridgehead atoms. The van der Waals surface area contributed by atoms with Crippen LogP contribution >= 0.6 is 11.6 Å². The molecule has 0 saturated carbocycles. The van der Waals surface area contributed by atoms with E-state index in [1.54, 1.807) is 19.2 Å². The fraction of sp³-hybridized carbons (Fsp3) is 0.0714. The van der Waals surface area contributed by atoms with E-state index in [1.165, 1.54) is 35.2 Å². The van der Waals surface area contributed by atoms with Crippen LogP contribution in [0.2, 0.25) is 5.02 Å². The molecule has 0 aliphatic rings. The number of amides is 1. The Kier molecular flexibility index (Phi) is 3.62. The highest BCUT2D eigenvalue weighted by atomic mass is 35.5. The van der Waals surface area contributed by atoms with Gasteiger partial charge in [-0.05, 0) is 42.5 Å². The molecule has 0 fully saturated rings. The summed E-state index contributed by atoms with van der Waals surface area (Å²) in [6, 6.07) is 10.5. The Morgan fingerprint density at radius 1 is 1.11 bits per heavy atom. The fourth-order valence-corrected chi connectivity index (χ4v) is 1.83. The zero-order chi connectivity index (χ0) is 14.0. The highest BCUT2D eigenvalue weighted by Gasteiger charge is 2.17. The summed E-state index contributed by atoms with van der Waals surface area (Å²) >= 11 is 5.82. The van der Waals surface area contributed by atoms with Crippen LogP contribution in [0.4, 0.5) is 5.69 Å². The van der Waals surface area contributed by atoms with Crippen molar-refractivity contribution >= 4 is 23.2 Å². The predicted molar refractivity (Wildman–Crippen MR) is 74.0 cm³/mol. The number of phenols is 2. The van der Waals surface area contributed by atoms with Crippen molar-refractivity contribution < 1.29 is 15.0 Å². The van der Waals surface area contributed by atoms with Gasteiger partial charge in [-0.25, -0.2) is 0 Å². The summed E-state index contributed by atoms with van der Waals surface area (Å²) in [6.07, 6.45) is 0. The van der Waals surface area contributed by atoms with E-state index in [1.807, 2.05) is 0 Å². The molecule has 0 aliphatic heterocycles. The van der Waals surface area contributed by atoms with Crippen LogP contribution in [-0.4, -0.2) is 23.2 Å². The van der Waals surface area contributed by atoms with Crippen molar-refractivity contribution in [2.45, 2.75) is 0 Å². The number of anilines is 1. The molecule has 0 spiro atoms. The maximum absolute atomic E-state index is 12.2. The van der Waals surface area contributed by atoms with Crippen LogP contribution in [0, 0.1) is 0 Å². The lowest BCUT2D eigenvalue weighted by atomic mass is 10.1. The van der Waals surface area contributed by atoms with E-state index in [4.69, 9.17) is 11.6 Å². The van der Waals surface area contributed by atoms with Gasteiger partial charge in [-0.3, -0.25) is 4.79 Å². The average molecular weight is 278 g/mol. The molecule has 98 valence electrons. The number of hydrogen-bond acceptors (Lipinski definition) is 3. The van der Waals surface area contributed by atoms with E-state index in [2.05, 4.69) is 0 Å². The zero-order valence-corrected chi connectivity index (χ0v) is 10.9. The van der Waals surface area contributed by atoms with Gasteiger partial charge >= 0.3 is 0 Å². The number of hydrogen-bond donors (Lipinski definition) is 2. The summed E-state index contributed by atoms with van der Waals surface area (Å²) in [6.45, 7) is 0. The number of carbonyl (C=O) groups is 1. The second-order valence-corrected chi connectivity index (χ2v) is 4.48. The van der Waals surface area contributed by atoms with Crippen molar-refractivity contribution in [3.8, 4) is 11.5 Å². The lowest BCUT2D eigenvalue weighted by Gasteiger charge is -2.18. The molecule has 1 amide bonds. The molecule has 0 saturated heterocycles. The number of nitrogens with zero attached hydrogens (tertiary/aromatic N) is 1. The molecule has 0 unspecified atom stereocenters. The van der Waals surface area contributed by atoms with Gasteiger partial charge in [-0.2, -0.15) is 0 Å². The maximum Gasteiger partial charge on any atom is 0.261 e. The monoisotopic (exact) mass is 277 g/mol. The van der Waals surface area contributed by atoms with Crippen molar-refractivity contribution in [2.75, 3.05) is 11.9 Å². The lowest BCUT2D eigenvalue weighted by molar-refractivity contribution is 0.0990. The van der Waals surface area contributed by atoms with Crippen molar-refractivity contribution in [3.05, 3.63) is 53.1 Å². The molecule has 2 aromatic rings. The number of halogens is 1.